The van der Waals surface area contributed by atoms with Gasteiger partial charge in [0, 0.05) is 22.0 Å². The van der Waals surface area contributed by atoms with Gasteiger partial charge in [-0.3, -0.25) is 9.78 Å². The smallest absolute Gasteiger partial charge is 0.284 e. The Morgan fingerprint density at radius 1 is 0.862 bits per heavy atom. The third-order valence-corrected chi connectivity index (χ3v) is 5.31. The molecule has 0 radical (unpaired) electrons. The second-order valence-electron chi connectivity index (χ2n) is 7.16. The molecule has 1 aromatic heterocycles. The van der Waals surface area contributed by atoms with Crippen molar-refractivity contribution in [1.82, 2.24) is 4.98 Å². The maximum Gasteiger partial charge on any atom is 0.454 e. The van der Waals surface area contributed by atoms with Gasteiger partial charge in [0.25, 0.3) is 5.78 Å². The van der Waals surface area contributed by atoms with Crippen molar-refractivity contribution < 1.29 is 31.1 Å². The topological polar surface area (TPSA) is 30.0 Å². The number of Topliss-reactive ketones (excluding diaryl/α,β-unsaturated/α-hetero) is 1. The Bertz CT molecular complexity index is 1130. The number of alkyl halides is 6. The van der Waals surface area contributed by atoms with Crippen LogP contribution in [0.1, 0.15) is 46.4 Å². The van der Waals surface area contributed by atoms with Crippen LogP contribution in [0.4, 0.5) is 26.3 Å². The lowest BCUT2D eigenvalue weighted by molar-refractivity contribution is -0.137. The predicted molar refractivity (Wildman–Crippen MR) is 95.9 cm³/mol. The second kappa shape index (κ2) is 6.71. The number of benzene rings is 2. The fraction of sp³-hybridized carbons (Fsp3) is 0.333. The van der Waals surface area contributed by atoms with E-state index in [1.165, 1.54) is 24.3 Å². The first kappa shape index (κ1) is 19.7. The van der Waals surface area contributed by atoms with Crippen LogP contribution in [0, 0.1) is 0 Å². The van der Waals surface area contributed by atoms with E-state index in [0.717, 1.165) is 6.42 Å². The number of hydrogen-bond acceptors (Lipinski definition) is 2. The van der Waals surface area contributed by atoms with Gasteiger partial charge in [-0.15, -0.1) is 0 Å². The summed E-state index contributed by atoms with van der Waals surface area (Å²) in [6.45, 7) is 0. The Hall–Kier alpha value is -2.64. The zero-order valence-electron chi connectivity index (χ0n) is 15.0. The molecule has 1 aliphatic carbocycles. The van der Waals surface area contributed by atoms with Gasteiger partial charge in [0.1, 0.15) is 0 Å². The van der Waals surface area contributed by atoms with Crippen LogP contribution in [0.5, 0.6) is 0 Å². The molecule has 0 bridgehead atoms. The summed E-state index contributed by atoms with van der Waals surface area (Å²) in [5.41, 5.74) is -1.42. The number of aryl methyl sites for hydroxylation is 1. The third-order valence-electron chi connectivity index (χ3n) is 5.31. The summed E-state index contributed by atoms with van der Waals surface area (Å²) < 4.78 is 81.6. The molecule has 0 N–H and O–H groups in total. The first-order valence-corrected chi connectivity index (χ1v) is 9.15. The summed E-state index contributed by atoms with van der Waals surface area (Å²) in [6.07, 6.45) is -7.45. The van der Waals surface area contributed by atoms with Crippen molar-refractivity contribution in [2.45, 2.75) is 44.5 Å². The largest absolute Gasteiger partial charge is 0.454 e. The minimum absolute atomic E-state index is 0.0210. The van der Waals surface area contributed by atoms with Gasteiger partial charge >= 0.3 is 12.4 Å². The van der Waals surface area contributed by atoms with Crippen molar-refractivity contribution in [3.05, 3.63) is 52.7 Å². The molecule has 152 valence electrons. The average Bonchev–Trinajstić information content (AvgIpc) is 2.88. The molecule has 0 atom stereocenters. The number of halogens is 6. The quantitative estimate of drug-likeness (QED) is 0.200. The van der Waals surface area contributed by atoms with E-state index in [1.54, 1.807) is 0 Å². The van der Waals surface area contributed by atoms with Crippen LogP contribution in [0.25, 0.3) is 21.7 Å². The summed E-state index contributed by atoms with van der Waals surface area (Å²) in [6, 6.07) is 6.36. The molecule has 0 fully saturated rings. The first-order valence-electron chi connectivity index (χ1n) is 9.15. The van der Waals surface area contributed by atoms with Crippen molar-refractivity contribution in [2.24, 2.45) is 0 Å². The monoisotopic (exact) mass is 411 g/mol. The van der Waals surface area contributed by atoms with Crippen LogP contribution in [0.15, 0.2) is 30.3 Å². The van der Waals surface area contributed by atoms with Crippen molar-refractivity contribution in [2.75, 3.05) is 0 Å². The molecule has 3 aromatic rings. The summed E-state index contributed by atoms with van der Waals surface area (Å²) >= 11 is 0. The van der Waals surface area contributed by atoms with E-state index in [0.29, 0.717) is 31.0 Å². The van der Waals surface area contributed by atoms with Crippen LogP contribution in [0.2, 0.25) is 0 Å². The van der Waals surface area contributed by atoms with Crippen molar-refractivity contribution in [1.29, 1.82) is 0 Å². The fourth-order valence-electron chi connectivity index (χ4n) is 4.09. The molecule has 1 heterocycles. The number of hydrogen-bond donors (Lipinski definition) is 0. The Labute approximate surface area is 161 Å². The lowest BCUT2D eigenvalue weighted by Gasteiger charge is -2.20. The third kappa shape index (κ3) is 3.34. The maximum atomic E-state index is 14.1. The number of fused-ring (bicyclic) bond motifs is 4. The molecule has 8 heteroatoms. The number of nitrogens with zero attached hydrogens (tertiary/aromatic N) is 1. The van der Waals surface area contributed by atoms with E-state index >= 15 is 0 Å². The van der Waals surface area contributed by atoms with Gasteiger partial charge < -0.3 is 0 Å². The van der Waals surface area contributed by atoms with E-state index in [-0.39, 0.29) is 28.3 Å². The molecule has 0 saturated heterocycles. The number of carbonyl (C=O) groups excluding carboxylic acids is 1. The van der Waals surface area contributed by atoms with Gasteiger partial charge in [0.05, 0.1) is 11.1 Å². The highest BCUT2D eigenvalue weighted by atomic mass is 19.4. The van der Waals surface area contributed by atoms with E-state index < -0.39 is 34.6 Å². The highest BCUT2D eigenvalue weighted by Gasteiger charge is 2.42. The SMILES string of the molecule is O=C(c1cc2c(C(F)(F)F)c3c(nc2c2ccccc12)CCCCC3)C(F)(F)F. The summed E-state index contributed by atoms with van der Waals surface area (Å²) in [5.74, 6) is -2.17. The molecule has 4 rings (SSSR count). The second-order valence-corrected chi connectivity index (χ2v) is 7.16. The molecular formula is C21H15F6NO. The number of rotatable bonds is 1. The van der Waals surface area contributed by atoms with E-state index in [9.17, 15) is 31.1 Å². The first-order chi connectivity index (χ1) is 13.6. The highest BCUT2D eigenvalue weighted by Crippen LogP contribution is 2.43. The van der Waals surface area contributed by atoms with Gasteiger partial charge in [0.2, 0.25) is 0 Å². The van der Waals surface area contributed by atoms with E-state index in [2.05, 4.69) is 4.98 Å². The molecule has 0 unspecified atom stereocenters. The van der Waals surface area contributed by atoms with Crippen LogP contribution in [-0.2, 0) is 19.0 Å². The molecule has 2 aromatic carbocycles. The highest BCUT2D eigenvalue weighted by molar-refractivity contribution is 6.18. The lowest BCUT2D eigenvalue weighted by atomic mass is 9.91. The van der Waals surface area contributed by atoms with Crippen LogP contribution in [-0.4, -0.2) is 16.9 Å². The number of pyridine rings is 1. The van der Waals surface area contributed by atoms with Gasteiger partial charge in [-0.25, -0.2) is 0 Å². The zero-order chi connectivity index (χ0) is 21.0. The Morgan fingerprint density at radius 2 is 1.52 bits per heavy atom. The van der Waals surface area contributed by atoms with Crippen LogP contribution >= 0.6 is 0 Å². The Kier molecular flexibility index (Phi) is 4.55. The molecule has 2 nitrogen and oxygen atoms in total. The predicted octanol–water partition coefficient (Wildman–Crippen LogP) is 6.42. The van der Waals surface area contributed by atoms with Crippen LogP contribution in [0.3, 0.4) is 0 Å². The minimum atomic E-state index is -5.20. The Morgan fingerprint density at radius 3 is 2.17 bits per heavy atom. The van der Waals surface area contributed by atoms with Crippen molar-refractivity contribution >= 4 is 27.5 Å². The molecule has 29 heavy (non-hydrogen) atoms. The van der Waals surface area contributed by atoms with Gasteiger partial charge in [-0.05, 0) is 42.7 Å². The molecule has 0 spiro atoms. The summed E-state index contributed by atoms with van der Waals surface area (Å²) in [7, 11) is 0. The number of aromatic nitrogens is 1. The molecule has 0 saturated carbocycles. The van der Waals surface area contributed by atoms with E-state index in [1.807, 2.05) is 0 Å². The standard InChI is InChI=1S/C21H15F6NO/c22-20(23,24)17-13-8-2-1-3-9-16(13)28-18-12-7-5-4-6-11(12)14(10-15(17)18)19(29)21(25,26)27/h4-7,10H,1-3,8-9H2. The number of carbonyl (C=O) groups is 1. The lowest BCUT2D eigenvalue weighted by Crippen LogP contribution is -2.23. The van der Waals surface area contributed by atoms with Gasteiger partial charge in [-0.2, -0.15) is 26.3 Å². The normalized spacial score (nSPS) is 15.4. The zero-order valence-corrected chi connectivity index (χ0v) is 15.0. The van der Waals surface area contributed by atoms with Crippen molar-refractivity contribution in [3.8, 4) is 0 Å². The maximum absolute atomic E-state index is 14.1. The minimum Gasteiger partial charge on any atom is -0.284 e. The van der Waals surface area contributed by atoms with Gasteiger partial charge in [0.15, 0.2) is 0 Å². The van der Waals surface area contributed by atoms with Gasteiger partial charge in [-0.1, -0.05) is 30.7 Å². The summed E-state index contributed by atoms with van der Waals surface area (Å²) in [4.78, 5) is 16.5. The molecule has 1 aliphatic rings. The Balaban J connectivity index is 2.19. The molecule has 0 amide bonds. The van der Waals surface area contributed by atoms with Crippen LogP contribution < -0.4 is 0 Å². The molecule has 0 aliphatic heterocycles. The fourth-order valence-corrected chi connectivity index (χ4v) is 4.09. The van der Waals surface area contributed by atoms with Crippen molar-refractivity contribution in [3.63, 3.8) is 0 Å². The average molecular weight is 411 g/mol. The number of ketones is 1. The van der Waals surface area contributed by atoms with E-state index in [4.69, 9.17) is 0 Å². The summed E-state index contributed by atoms with van der Waals surface area (Å²) in [5, 5.41) is -0.406. The molecular weight excluding hydrogens is 396 g/mol.